The molecule has 24 heavy (non-hydrogen) atoms. The van der Waals surface area contributed by atoms with Gasteiger partial charge in [-0.05, 0) is 60.9 Å². The van der Waals surface area contributed by atoms with E-state index in [1.165, 1.54) is 0 Å². The van der Waals surface area contributed by atoms with Crippen LogP contribution in [0.2, 0.25) is 0 Å². The number of anilines is 2. The SMILES string of the molecule is CN(C)c1ccc(C(=O)Nc2ccc3c(c2)CCCS3(=O)=O)cc1. The number of rotatable bonds is 3. The fourth-order valence-electron chi connectivity index (χ4n) is 2.83. The molecule has 0 unspecified atom stereocenters. The average molecular weight is 344 g/mol. The summed E-state index contributed by atoms with van der Waals surface area (Å²) in [5.41, 5.74) is 2.98. The first-order valence-corrected chi connectivity index (χ1v) is 9.46. The van der Waals surface area contributed by atoms with Crippen molar-refractivity contribution in [1.82, 2.24) is 0 Å². The molecule has 0 radical (unpaired) electrons. The van der Waals surface area contributed by atoms with E-state index in [9.17, 15) is 13.2 Å². The molecule has 0 aliphatic carbocycles. The van der Waals surface area contributed by atoms with Crippen molar-refractivity contribution >= 4 is 27.1 Å². The van der Waals surface area contributed by atoms with Crippen molar-refractivity contribution in [3.63, 3.8) is 0 Å². The summed E-state index contributed by atoms with van der Waals surface area (Å²) in [7, 11) is 0.712. The van der Waals surface area contributed by atoms with E-state index in [1.807, 2.05) is 31.1 Å². The van der Waals surface area contributed by atoms with E-state index in [1.54, 1.807) is 30.3 Å². The lowest BCUT2D eigenvalue weighted by Gasteiger charge is -2.17. The van der Waals surface area contributed by atoms with Gasteiger partial charge < -0.3 is 10.2 Å². The standard InChI is InChI=1S/C18H20N2O3S/c1-20(2)16-8-5-13(6-9-16)18(21)19-15-7-10-17-14(12-15)4-3-11-24(17,22)23/h5-10,12H,3-4,11H2,1-2H3,(H,19,21). The Kier molecular flexibility index (Phi) is 4.32. The number of hydrogen-bond donors (Lipinski definition) is 1. The van der Waals surface area contributed by atoms with Crippen LogP contribution in [0.4, 0.5) is 11.4 Å². The summed E-state index contributed by atoms with van der Waals surface area (Å²) in [6, 6.07) is 12.3. The van der Waals surface area contributed by atoms with E-state index in [0.29, 0.717) is 22.6 Å². The minimum absolute atomic E-state index is 0.198. The first kappa shape index (κ1) is 16.5. The van der Waals surface area contributed by atoms with E-state index < -0.39 is 9.84 Å². The summed E-state index contributed by atoms with van der Waals surface area (Å²) in [6.45, 7) is 0. The summed E-state index contributed by atoms with van der Waals surface area (Å²) in [5.74, 6) is -0.0110. The van der Waals surface area contributed by atoms with Gasteiger partial charge in [0.1, 0.15) is 0 Å². The molecule has 1 aliphatic rings. The third kappa shape index (κ3) is 3.28. The van der Waals surface area contributed by atoms with Crippen LogP contribution >= 0.6 is 0 Å². The molecule has 126 valence electrons. The van der Waals surface area contributed by atoms with Crippen molar-refractivity contribution in [3.05, 3.63) is 53.6 Å². The fraction of sp³-hybridized carbons (Fsp3) is 0.278. The van der Waals surface area contributed by atoms with Gasteiger partial charge in [0.05, 0.1) is 10.6 Å². The Bertz CT molecular complexity index is 872. The van der Waals surface area contributed by atoms with Crippen LogP contribution in [0.5, 0.6) is 0 Å². The number of sulfone groups is 1. The zero-order valence-corrected chi connectivity index (χ0v) is 14.6. The van der Waals surface area contributed by atoms with Crippen LogP contribution in [0.25, 0.3) is 0 Å². The first-order valence-electron chi connectivity index (χ1n) is 7.81. The molecule has 1 heterocycles. The second-order valence-corrected chi connectivity index (χ2v) is 8.22. The number of hydrogen-bond acceptors (Lipinski definition) is 4. The smallest absolute Gasteiger partial charge is 0.255 e. The van der Waals surface area contributed by atoms with Crippen molar-refractivity contribution in [2.45, 2.75) is 17.7 Å². The van der Waals surface area contributed by atoms with Gasteiger partial charge in [0, 0.05) is 31.0 Å². The van der Waals surface area contributed by atoms with Crippen LogP contribution in [0.3, 0.4) is 0 Å². The largest absolute Gasteiger partial charge is 0.378 e. The second-order valence-electron chi connectivity index (χ2n) is 6.14. The van der Waals surface area contributed by atoms with Crippen LogP contribution < -0.4 is 10.2 Å². The molecule has 1 aliphatic heterocycles. The highest BCUT2D eigenvalue weighted by molar-refractivity contribution is 7.91. The lowest BCUT2D eigenvalue weighted by Crippen LogP contribution is -2.17. The number of aryl methyl sites for hydroxylation is 1. The molecule has 0 bridgehead atoms. The normalized spacial score (nSPS) is 15.4. The van der Waals surface area contributed by atoms with Crippen molar-refractivity contribution < 1.29 is 13.2 Å². The summed E-state index contributed by atoms with van der Waals surface area (Å²) < 4.78 is 24.0. The molecule has 2 aromatic carbocycles. The van der Waals surface area contributed by atoms with E-state index in [-0.39, 0.29) is 11.7 Å². The molecule has 0 aromatic heterocycles. The molecule has 6 heteroatoms. The van der Waals surface area contributed by atoms with E-state index in [4.69, 9.17) is 0 Å². The molecular formula is C18H20N2O3S. The third-order valence-corrected chi connectivity index (χ3v) is 6.05. The summed E-state index contributed by atoms with van der Waals surface area (Å²) >= 11 is 0. The zero-order valence-electron chi connectivity index (χ0n) is 13.7. The number of fused-ring (bicyclic) bond motifs is 1. The van der Waals surface area contributed by atoms with Crippen LogP contribution in [-0.2, 0) is 16.3 Å². The average Bonchev–Trinajstić information content (AvgIpc) is 2.54. The fourth-order valence-corrected chi connectivity index (χ4v) is 4.41. The van der Waals surface area contributed by atoms with Gasteiger partial charge >= 0.3 is 0 Å². The van der Waals surface area contributed by atoms with Gasteiger partial charge in [0.25, 0.3) is 5.91 Å². The molecule has 0 spiro atoms. The van der Waals surface area contributed by atoms with Gasteiger partial charge in [-0.15, -0.1) is 0 Å². The lowest BCUT2D eigenvalue weighted by molar-refractivity contribution is 0.102. The molecule has 5 nitrogen and oxygen atoms in total. The molecule has 3 rings (SSSR count). The Morgan fingerprint density at radius 1 is 1.08 bits per heavy atom. The first-order chi connectivity index (χ1) is 11.4. The molecule has 0 fully saturated rings. The van der Waals surface area contributed by atoms with Crippen molar-refractivity contribution in [2.24, 2.45) is 0 Å². The van der Waals surface area contributed by atoms with Gasteiger partial charge in [0.2, 0.25) is 0 Å². The van der Waals surface area contributed by atoms with E-state index >= 15 is 0 Å². The van der Waals surface area contributed by atoms with Gasteiger partial charge in [0.15, 0.2) is 9.84 Å². The van der Waals surface area contributed by atoms with Crippen LogP contribution in [-0.4, -0.2) is 34.2 Å². The maximum absolute atomic E-state index is 12.3. The number of nitrogens with one attached hydrogen (secondary N) is 1. The Morgan fingerprint density at radius 3 is 2.46 bits per heavy atom. The van der Waals surface area contributed by atoms with Crippen molar-refractivity contribution in [3.8, 4) is 0 Å². The van der Waals surface area contributed by atoms with Gasteiger partial charge in [-0.25, -0.2) is 8.42 Å². The number of carbonyl (C=O) groups is 1. The Balaban J connectivity index is 1.80. The molecule has 0 saturated heterocycles. The Hall–Kier alpha value is -2.34. The predicted octanol–water partition coefficient (Wildman–Crippen LogP) is 2.72. The number of benzene rings is 2. The molecule has 1 amide bonds. The van der Waals surface area contributed by atoms with Crippen LogP contribution in [0.15, 0.2) is 47.4 Å². The van der Waals surface area contributed by atoms with Gasteiger partial charge in [-0.2, -0.15) is 0 Å². The summed E-state index contributed by atoms with van der Waals surface area (Å²) in [6.07, 6.45) is 1.34. The third-order valence-electron chi connectivity index (χ3n) is 4.16. The summed E-state index contributed by atoms with van der Waals surface area (Å²) in [5, 5.41) is 2.84. The van der Waals surface area contributed by atoms with E-state index in [2.05, 4.69) is 5.32 Å². The lowest BCUT2D eigenvalue weighted by atomic mass is 10.1. The minimum atomic E-state index is -3.17. The highest BCUT2D eigenvalue weighted by atomic mass is 32.2. The quantitative estimate of drug-likeness (QED) is 0.930. The monoisotopic (exact) mass is 344 g/mol. The maximum Gasteiger partial charge on any atom is 0.255 e. The highest BCUT2D eigenvalue weighted by Crippen LogP contribution is 2.27. The maximum atomic E-state index is 12.3. The van der Waals surface area contributed by atoms with E-state index in [0.717, 1.165) is 17.7 Å². The predicted molar refractivity (Wildman–Crippen MR) is 95.5 cm³/mol. The van der Waals surface area contributed by atoms with Gasteiger partial charge in [-0.1, -0.05) is 0 Å². The molecule has 0 saturated carbocycles. The second kappa shape index (κ2) is 6.28. The van der Waals surface area contributed by atoms with Crippen molar-refractivity contribution in [1.29, 1.82) is 0 Å². The van der Waals surface area contributed by atoms with Crippen molar-refractivity contribution in [2.75, 3.05) is 30.1 Å². The molecule has 2 aromatic rings. The topological polar surface area (TPSA) is 66.5 Å². The molecular weight excluding hydrogens is 324 g/mol. The summed E-state index contributed by atoms with van der Waals surface area (Å²) in [4.78, 5) is 14.7. The zero-order chi connectivity index (χ0) is 17.3. The van der Waals surface area contributed by atoms with Gasteiger partial charge in [-0.3, -0.25) is 4.79 Å². The number of carbonyl (C=O) groups excluding carboxylic acids is 1. The van der Waals surface area contributed by atoms with Crippen LogP contribution in [0.1, 0.15) is 22.3 Å². The number of amides is 1. The Morgan fingerprint density at radius 2 is 1.79 bits per heavy atom. The minimum Gasteiger partial charge on any atom is -0.378 e. The molecule has 1 N–H and O–H groups in total. The Labute approximate surface area is 142 Å². The number of nitrogens with zero attached hydrogens (tertiary/aromatic N) is 1. The van der Waals surface area contributed by atoms with Crippen LogP contribution in [0, 0.1) is 0 Å². The molecule has 0 atom stereocenters. The highest BCUT2D eigenvalue weighted by Gasteiger charge is 2.23.